The molecule has 29 heavy (non-hydrogen) atoms. The molecule has 2 aromatic carbocycles. The summed E-state index contributed by atoms with van der Waals surface area (Å²) in [7, 11) is 0. The molecular formula is C22H29F2NO4. The number of rotatable bonds is 12. The molecule has 7 heteroatoms. The highest BCUT2D eigenvalue weighted by molar-refractivity contribution is 5.31. The van der Waals surface area contributed by atoms with E-state index in [4.69, 9.17) is 14.2 Å². The Hall–Kier alpha value is -2.22. The molecular weight excluding hydrogens is 380 g/mol. The predicted molar refractivity (Wildman–Crippen MR) is 107 cm³/mol. The second kappa shape index (κ2) is 11.1. The van der Waals surface area contributed by atoms with Crippen molar-refractivity contribution < 1.29 is 28.1 Å². The zero-order chi connectivity index (χ0) is 21.3. The van der Waals surface area contributed by atoms with Gasteiger partial charge in [-0.15, -0.1) is 0 Å². The molecule has 2 N–H and O–H groups in total. The Kier molecular flexibility index (Phi) is 8.82. The maximum atomic E-state index is 13.8. The fraction of sp³-hybridized carbons (Fsp3) is 0.455. The highest BCUT2D eigenvalue weighted by Gasteiger charge is 2.19. The Morgan fingerprint density at radius 1 is 1.00 bits per heavy atom. The van der Waals surface area contributed by atoms with Crippen LogP contribution in [0.4, 0.5) is 8.78 Å². The van der Waals surface area contributed by atoms with E-state index in [0.717, 1.165) is 0 Å². The molecule has 0 heterocycles. The molecule has 0 aliphatic heterocycles. The molecule has 5 nitrogen and oxygen atoms in total. The van der Waals surface area contributed by atoms with Crippen molar-refractivity contribution in [2.24, 2.45) is 0 Å². The van der Waals surface area contributed by atoms with Crippen molar-refractivity contribution in [2.75, 3.05) is 19.8 Å². The van der Waals surface area contributed by atoms with Crippen LogP contribution in [0, 0.1) is 5.82 Å². The second-order valence-electron chi connectivity index (χ2n) is 7.27. The minimum Gasteiger partial charge on any atom is -0.491 e. The van der Waals surface area contributed by atoms with E-state index in [2.05, 4.69) is 5.32 Å². The molecule has 0 saturated heterocycles. The number of ether oxygens (including phenoxy) is 3. The van der Waals surface area contributed by atoms with Gasteiger partial charge in [0.05, 0.1) is 12.7 Å². The largest absolute Gasteiger partial charge is 0.491 e. The van der Waals surface area contributed by atoms with Crippen LogP contribution in [0.1, 0.15) is 26.3 Å². The number of aliphatic hydroxyl groups is 1. The van der Waals surface area contributed by atoms with Crippen molar-refractivity contribution in [3.63, 3.8) is 0 Å². The molecule has 160 valence electrons. The number of halogens is 2. The first-order valence-corrected chi connectivity index (χ1v) is 9.58. The summed E-state index contributed by atoms with van der Waals surface area (Å²) in [5, 5.41) is 12.5. The number of aliphatic hydroxyl groups excluding tert-OH is 1. The first-order chi connectivity index (χ1) is 13.7. The third-order valence-electron chi connectivity index (χ3n) is 3.98. The maximum absolute atomic E-state index is 13.8. The van der Waals surface area contributed by atoms with Crippen LogP contribution in [0.25, 0.3) is 0 Å². The van der Waals surface area contributed by atoms with E-state index in [-0.39, 0.29) is 25.5 Å². The van der Waals surface area contributed by atoms with Gasteiger partial charge in [-0.05, 0) is 62.7 Å². The molecule has 0 aromatic heterocycles. The van der Waals surface area contributed by atoms with Crippen LogP contribution in [-0.2, 0) is 11.2 Å². The molecule has 0 aliphatic carbocycles. The first kappa shape index (κ1) is 23.1. The van der Waals surface area contributed by atoms with Gasteiger partial charge >= 0.3 is 0 Å². The lowest BCUT2D eigenvalue weighted by atomic mass is 10.1. The Morgan fingerprint density at radius 3 is 2.24 bits per heavy atom. The zero-order valence-electron chi connectivity index (χ0n) is 17.0. The summed E-state index contributed by atoms with van der Waals surface area (Å²) in [6, 6.07) is 12.7. The SMILES string of the molecule is CC(O)CNC(C)(C)Oc1ccc(OCCOC(F)Cc2ccc(F)cc2)cc1. The van der Waals surface area contributed by atoms with Crippen molar-refractivity contribution in [3.05, 3.63) is 59.9 Å². The van der Waals surface area contributed by atoms with Crippen LogP contribution in [0.2, 0.25) is 0 Å². The zero-order valence-corrected chi connectivity index (χ0v) is 17.0. The van der Waals surface area contributed by atoms with Gasteiger partial charge in [-0.3, -0.25) is 5.32 Å². The van der Waals surface area contributed by atoms with Gasteiger partial charge in [-0.25, -0.2) is 8.78 Å². The van der Waals surface area contributed by atoms with Gasteiger partial charge < -0.3 is 19.3 Å². The lowest BCUT2D eigenvalue weighted by Crippen LogP contribution is -2.47. The van der Waals surface area contributed by atoms with Crippen LogP contribution >= 0.6 is 0 Å². The van der Waals surface area contributed by atoms with Crippen LogP contribution in [-0.4, -0.2) is 43.1 Å². The van der Waals surface area contributed by atoms with E-state index < -0.39 is 18.2 Å². The summed E-state index contributed by atoms with van der Waals surface area (Å²) in [6.45, 7) is 6.16. The van der Waals surface area contributed by atoms with E-state index in [9.17, 15) is 13.9 Å². The van der Waals surface area contributed by atoms with E-state index >= 15 is 0 Å². The molecule has 0 spiro atoms. The summed E-state index contributed by atoms with van der Waals surface area (Å²) in [5.74, 6) is 0.916. The average molecular weight is 409 g/mol. The average Bonchev–Trinajstić information content (AvgIpc) is 2.67. The van der Waals surface area contributed by atoms with Crippen molar-refractivity contribution >= 4 is 0 Å². The van der Waals surface area contributed by atoms with E-state index in [1.807, 2.05) is 13.8 Å². The van der Waals surface area contributed by atoms with Gasteiger partial charge in [0.2, 0.25) is 6.36 Å². The first-order valence-electron chi connectivity index (χ1n) is 9.58. The molecule has 2 rings (SSSR count). The minimum atomic E-state index is -1.48. The normalized spacial score (nSPS) is 13.7. The molecule has 0 radical (unpaired) electrons. The fourth-order valence-electron chi connectivity index (χ4n) is 2.53. The molecule has 0 bridgehead atoms. The summed E-state index contributed by atoms with van der Waals surface area (Å²) >= 11 is 0. The van der Waals surface area contributed by atoms with Gasteiger partial charge in [-0.1, -0.05) is 12.1 Å². The van der Waals surface area contributed by atoms with Crippen molar-refractivity contribution in [1.29, 1.82) is 0 Å². The Morgan fingerprint density at radius 2 is 1.62 bits per heavy atom. The number of nitrogens with one attached hydrogen (secondary N) is 1. The molecule has 0 saturated carbocycles. The smallest absolute Gasteiger partial charge is 0.202 e. The molecule has 0 fully saturated rings. The molecule has 2 atom stereocenters. The molecule has 2 unspecified atom stereocenters. The number of benzene rings is 2. The quantitative estimate of drug-likeness (QED) is 0.412. The summed E-state index contributed by atoms with van der Waals surface area (Å²) < 4.78 is 43.2. The van der Waals surface area contributed by atoms with Crippen molar-refractivity contribution in [3.8, 4) is 11.5 Å². The molecule has 0 amide bonds. The summed E-state index contributed by atoms with van der Waals surface area (Å²) in [5.41, 5.74) is 0.0368. The standard InChI is InChI=1S/C22H29F2NO4/c1-16(26)15-25-22(2,3)29-20-10-8-19(9-11-20)27-12-13-28-21(24)14-17-4-6-18(23)7-5-17/h4-11,16,21,25-26H,12-15H2,1-3H3. The van der Waals surface area contributed by atoms with Gasteiger partial charge in [0.25, 0.3) is 0 Å². The minimum absolute atomic E-state index is 0.0607. The van der Waals surface area contributed by atoms with E-state index in [0.29, 0.717) is 23.6 Å². The summed E-state index contributed by atoms with van der Waals surface area (Å²) in [6.07, 6.45) is -1.88. The fourth-order valence-corrected chi connectivity index (χ4v) is 2.53. The molecule has 0 aliphatic rings. The maximum Gasteiger partial charge on any atom is 0.202 e. The molecule has 2 aromatic rings. The monoisotopic (exact) mass is 409 g/mol. The third-order valence-corrected chi connectivity index (χ3v) is 3.98. The van der Waals surface area contributed by atoms with E-state index in [1.165, 1.54) is 24.3 Å². The van der Waals surface area contributed by atoms with Gasteiger partial charge in [0, 0.05) is 13.0 Å². The predicted octanol–water partition coefficient (Wildman–Crippen LogP) is 3.84. The Bertz CT molecular complexity index is 721. The highest BCUT2D eigenvalue weighted by atomic mass is 19.1. The van der Waals surface area contributed by atoms with E-state index in [1.54, 1.807) is 31.2 Å². The lowest BCUT2D eigenvalue weighted by Gasteiger charge is -2.28. The number of alkyl halides is 1. The van der Waals surface area contributed by atoms with Crippen LogP contribution < -0.4 is 14.8 Å². The van der Waals surface area contributed by atoms with Crippen LogP contribution in [0.5, 0.6) is 11.5 Å². The van der Waals surface area contributed by atoms with Gasteiger partial charge in [0.15, 0.2) is 5.72 Å². The summed E-state index contributed by atoms with van der Waals surface area (Å²) in [4.78, 5) is 0. The van der Waals surface area contributed by atoms with Crippen molar-refractivity contribution in [1.82, 2.24) is 5.32 Å². The second-order valence-corrected chi connectivity index (χ2v) is 7.27. The Balaban J connectivity index is 1.68. The lowest BCUT2D eigenvalue weighted by molar-refractivity contribution is -0.0469. The highest BCUT2D eigenvalue weighted by Crippen LogP contribution is 2.21. The number of hydrogen-bond donors (Lipinski definition) is 2. The number of hydrogen-bond acceptors (Lipinski definition) is 5. The van der Waals surface area contributed by atoms with Gasteiger partial charge in [-0.2, -0.15) is 0 Å². The van der Waals surface area contributed by atoms with Gasteiger partial charge in [0.1, 0.15) is 23.9 Å². The van der Waals surface area contributed by atoms with Crippen molar-refractivity contribution in [2.45, 2.75) is 45.4 Å². The van der Waals surface area contributed by atoms with Crippen LogP contribution in [0.3, 0.4) is 0 Å². The Labute approximate surface area is 170 Å². The topological polar surface area (TPSA) is 60.0 Å². The van der Waals surface area contributed by atoms with Crippen LogP contribution in [0.15, 0.2) is 48.5 Å². The third kappa shape index (κ3) is 9.21.